The maximum Gasteiger partial charge on any atom is 0.434 e. The van der Waals surface area contributed by atoms with Crippen LogP contribution in [-0.4, -0.2) is 44.6 Å². The molecule has 2 amide bonds. The lowest BCUT2D eigenvalue weighted by molar-refractivity contribution is -0.141. The second-order valence-electron chi connectivity index (χ2n) is 7.48. The molecule has 1 N–H and O–H groups in total. The largest absolute Gasteiger partial charge is 0.444 e. The number of nitrogens with one attached hydrogen (secondary N) is 1. The molecule has 0 spiro atoms. The minimum absolute atomic E-state index is 0.0619. The summed E-state index contributed by atoms with van der Waals surface area (Å²) < 4.78 is 43.5. The number of alkyl halides is 3. The molecule has 2 heterocycles. The summed E-state index contributed by atoms with van der Waals surface area (Å²) in [6.45, 7) is 5.16. The highest BCUT2D eigenvalue weighted by Crippen LogP contribution is 2.48. The van der Waals surface area contributed by atoms with E-state index in [0.29, 0.717) is 12.6 Å². The van der Waals surface area contributed by atoms with Crippen LogP contribution in [0.1, 0.15) is 39.3 Å². The minimum atomic E-state index is -4.66. The smallest absolute Gasteiger partial charge is 0.434 e. The predicted molar refractivity (Wildman–Crippen MR) is 84.0 cm³/mol. The average molecular weight is 372 g/mol. The topological polar surface area (TPSA) is 84.4 Å². The molecule has 0 bridgehead atoms. The van der Waals surface area contributed by atoms with Crippen LogP contribution in [0.25, 0.3) is 0 Å². The van der Waals surface area contributed by atoms with Crippen molar-refractivity contribution in [2.24, 2.45) is 5.92 Å². The van der Waals surface area contributed by atoms with Gasteiger partial charge in [0, 0.05) is 6.04 Å². The second-order valence-corrected chi connectivity index (χ2v) is 7.48. The fourth-order valence-electron chi connectivity index (χ4n) is 3.04. The van der Waals surface area contributed by atoms with Gasteiger partial charge in [-0.05, 0) is 39.5 Å². The third-order valence-corrected chi connectivity index (χ3v) is 4.19. The Morgan fingerprint density at radius 2 is 1.92 bits per heavy atom. The molecule has 3 unspecified atom stereocenters. The summed E-state index contributed by atoms with van der Waals surface area (Å²) in [6.07, 6.45) is -2.41. The van der Waals surface area contributed by atoms with Gasteiger partial charge in [0.25, 0.3) is 0 Å². The summed E-state index contributed by atoms with van der Waals surface area (Å²) in [7, 11) is 0. The number of carbonyl (C=O) groups is 2. The first-order valence-corrected chi connectivity index (χ1v) is 8.17. The van der Waals surface area contributed by atoms with Crippen LogP contribution < -0.4 is 5.32 Å². The number of anilines is 1. The van der Waals surface area contributed by atoms with Gasteiger partial charge in [-0.1, -0.05) is 0 Å². The molecular weight excluding hydrogens is 353 g/mol. The number of amides is 2. The van der Waals surface area contributed by atoms with Gasteiger partial charge in [-0.25, -0.2) is 9.78 Å². The maximum absolute atomic E-state index is 12.7. The van der Waals surface area contributed by atoms with Crippen molar-refractivity contribution >= 4 is 17.8 Å². The van der Waals surface area contributed by atoms with E-state index in [2.05, 4.69) is 15.3 Å². The molecule has 10 heteroatoms. The van der Waals surface area contributed by atoms with Gasteiger partial charge in [0.2, 0.25) is 5.91 Å². The van der Waals surface area contributed by atoms with Gasteiger partial charge in [0.05, 0.1) is 12.4 Å². The quantitative estimate of drug-likeness (QED) is 0.863. The van der Waals surface area contributed by atoms with Crippen LogP contribution in [0.15, 0.2) is 12.4 Å². The van der Waals surface area contributed by atoms with E-state index in [4.69, 9.17) is 4.74 Å². The number of hydrogen-bond acceptors (Lipinski definition) is 5. The summed E-state index contributed by atoms with van der Waals surface area (Å²) in [5.41, 5.74) is -1.91. The summed E-state index contributed by atoms with van der Waals surface area (Å²) in [4.78, 5) is 33.1. The monoisotopic (exact) mass is 372 g/mol. The van der Waals surface area contributed by atoms with Crippen LogP contribution in [0.2, 0.25) is 0 Å². The summed E-state index contributed by atoms with van der Waals surface area (Å²) in [6, 6.07) is -0.863. The van der Waals surface area contributed by atoms with E-state index < -0.39 is 35.5 Å². The van der Waals surface area contributed by atoms with Crippen molar-refractivity contribution in [2.75, 3.05) is 5.32 Å². The van der Waals surface area contributed by atoms with E-state index in [1.54, 1.807) is 20.8 Å². The SMILES string of the molecule is CC(C)(C)OC(=O)N1C(C(=O)Nc2cncc(C(F)(F)F)n2)CC2CC21. The van der Waals surface area contributed by atoms with E-state index in [-0.39, 0.29) is 17.8 Å². The lowest BCUT2D eigenvalue weighted by Crippen LogP contribution is -2.47. The van der Waals surface area contributed by atoms with Gasteiger partial charge >= 0.3 is 12.3 Å². The highest BCUT2D eigenvalue weighted by Gasteiger charge is 2.57. The molecule has 1 aromatic rings. The van der Waals surface area contributed by atoms with Crippen molar-refractivity contribution in [3.05, 3.63) is 18.1 Å². The Kier molecular flexibility index (Phi) is 4.32. The zero-order chi connectivity index (χ0) is 19.3. The van der Waals surface area contributed by atoms with Crippen LogP contribution >= 0.6 is 0 Å². The van der Waals surface area contributed by atoms with E-state index in [1.807, 2.05) is 0 Å². The normalized spacial score (nSPS) is 24.8. The highest BCUT2D eigenvalue weighted by molar-refractivity contribution is 5.96. The number of hydrogen-bond donors (Lipinski definition) is 1. The molecule has 0 radical (unpaired) electrons. The molecule has 1 aliphatic carbocycles. The fraction of sp³-hybridized carbons (Fsp3) is 0.625. The molecule has 2 aliphatic rings. The number of nitrogens with zero attached hydrogens (tertiary/aromatic N) is 3. The first kappa shape index (κ1) is 18.4. The second kappa shape index (κ2) is 6.10. The molecule has 26 heavy (non-hydrogen) atoms. The van der Waals surface area contributed by atoms with Crippen molar-refractivity contribution in [1.82, 2.24) is 14.9 Å². The van der Waals surface area contributed by atoms with Crippen LogP contribution in [-0.2, 0) is 15.7 Å². The molecule has 3 atom stereocenters. The van der Waals surface area contributed by atoms with Crippen molar-refractivity contribution in [3.8, 4) is 0 Å². The summed E-state index contributed by atoms with van der Waals surface area (Å²) in [5.74, 6) is -0.697. The lowest BCUT2D eigenvalue weighted by Gasteiger charge is -2.29. The predicted octanol–water partition coefficient (Wildman–Crippen LogP) is 2.83. The molecule has 1 saturated carbocycles. The Hall–Kier alpha value is -2.39. The maximum atomic E-state index is 12.7. The highest BCUT2D eigenvalue weighted by atomic mass is 19.4. The summed E-state index contributed by atoms with van der Waals surface area (Å²) in [5, 5.41) is 2.32. The minimum Gasteiger partial charge on any atom is -0.444 e. The number of likely N-dealkylation sites (tertiary alicyclic amines) is 1. The number of fused-ring (bicyclic) bond motifs is 1. The standard InChI is InChI=1S/C16H19F3N4O3/c1-15(2,3)26-14(25)23-9-4-8(9)5-10(23)13(24)22-12-7-20-6-11(21-12)16(17,18)19/h6-10H,4-5H2,1-3H3,(H,21,22,24). The van der Waals surface area contributed by atoms with E-state index in [1.165, 1.54) is 4.90 Å². The number of halogens is 3. The van der Waals surface area contributed by atoms with E-state index >= 15 is 0 Å². The molecule has 7 nitrogen and oxygen atoms in total. The van der Waals surface area contributed by atoms with Crippen LogP contribution in [0.3, 0.4) is 0 Å². The number of piperidine rings is 1. The Balaban J connectivity index is 1.72. The zero-order valence-corrected chi connectivity index (χ0v) is 14.5. The number of aromatic nitrogens is 2. The van der Waals surface area contributed by atoms with Crippen LogP contribution in [0.5, 0.6) is 0 Å². The third-order valence-electron chi connectivity index (χ3n) is 4.19. The lowest BCUT2D eigenvalue weighted by atomic mass is 10.1. The molecule has 142 valence electrons. The zero-order valence-electron chi connectivity index (χ0n) is 14.5. The fourth-order valence-corrected chi connectivity index (χ4v) is 3.04. The Labute approximate surface area is 147 Å². The Bertz CT molecular complexity index is 732. The molecular formula is C16H19F3N4O3. The van der Waals surface area contributed by atoms with Gasteiger partial charge in [-0.2, -0.15) is 13.2 Å². The van der Waals surface area contributed by atoms with Gasteiger partial charge in [0.15, 0.2) is 11.5 Å². The number of carbonyl (C=O) groups excluding carboxylic acids is 2. The van der Waals surface area contributed by atoms with Crippen molar-refractivity contribution in [1.29, 1.82) is 0 Å². The number of ether oxygens (including phenoxy) is 1. The molecule has 1 aromatic heterocycles. The van der Waals surface area contributed by atoms with Crippen LogP contribution in [0.4, 0.5) is 23.8 Å². The molecule has 3 rings (SSSR count). The van der Waals surface area contributed by atoms with Crippen LogP contribution in [0, 0.1) is 5.92 Å². The Morgan fingerprint density at radius 3 is 2.54 bits per heavy atom. The molecule has 1 saturated heterocycles. The first-order chi connectivity index (χ1) is 12.0. The van der Waals surface area contributed by atoms with Gasteiger partial charge in [0.1, 0.15) is 11.6 Å². The molecule has 2 fully saturated rings. The third kappa shape index (κ3) is 3.88. The average Bonchev–Trinajstić information content (AvgIpc) is 3.14. The van der Waals surface area contributed by atoms with Gasteiger partial charge in [-0.3, -0.25) is 14.7 Å². The summed E-state index contributed by atoms with van der Waals surface area (Å²) >= 11 is 0. The van der Waals surface area contributed by atoms with Gasteiger partial charge < -0.3 is 10.1 Å². The number of rotatable bonds is 2. The molecule has 0 aromatic carbocycles. The van der Waals surface area contributed by atoms with E-state index in [9.17, 15) is 22.8 Å². The Morgan fingerprint density at radius 1 is 1.23 bits per heavy atom. The van der Waals surface area contributed by atoms with Crippen molar-refractivity contribution < 1.29 is 27.5 Å². The first-order valence-electron chi connectivity index (χ1n) is 8.17. The molecule has 1 aliphatic heterocycles. The van der Waals surface area contributed by atoms with Crippen molar-refractivity contribution in [3.63, 3.8) is 0 Å². The van der Waals surface area contributed by atoms with Gasteiger partial charge in [-0.15, -0.1) is 0 Å². The van der Waals surface area contributed by atoms with E-state index in [0.717, 1.165) is 12.6 Å². The van der Waals surface area contributed by atoms with Crippen molar-refractivity contribution in [2.45, 2.75) is 57.5 Å².